The highest BCUT2D eigenvalue weighted by molar-refractivity contribution is 8.27. The van der Waals surface area contributed by atoms with E-state index in [1.807, 2.05) is 30.3 Å². The number of thioether (sulfide) groups is 1. The van der Waals surface area contributed by atoms with E-state index in [1.54, 1.807) is 0 Å². The zero-order valence-electron chi connectivity index (χ0n) is 9.61. The molecule has 98 valence electrons. The van der Waals surface area contributed by atoms with Crippen molar-refractivity contribution in [1.29, 1.82) is 0 Å². The Labute approximate surface area is 116 Å². The van der Waals surface area contributed by atoms with Crippen LogP contribution in [0.2, 0.25) is 0 Å². The topological polar surface area (TPSA) is 100 Å². The van der Waals surface area contributed by atoms with Crippen molar-refractivity contribution < 1.29 is 8.76 Å². The van der Waals surface area contributed by atoms with Crippen LogP contribution < -0.4 is 10.5 Å². The van der Waals surface area contributed by atoms with Crippen LogP contribution in [0.3, 0.4) is 0 Å². The van der Waals surface area contributed by atoms with Crippen LogP contribution >= 0.6 is 11.8 Å². The second kappa shape index (κ2) is 4.80. The van der Waals surface area contributed by atoms with E-state index >= 15 is 0 Å². The molecule has 0 aliphatic carbocycles. The number of benzene rings is 1. The number of rotatable bonds is 2. The van der Waals surface area contributed by atoms with Crippen LogP contribution in [-0.2, 0) is 11.3 Å². The maximum absolute atomic E-state index is 10.6. The molecule has 1 aromatic rings. The van der Waals surface area contributed by atoms with Crippen LogP contribution in [0.5, 0.6) is 0 Å². The lowest BCUT2D eigenvalue weighted by atomic mass is 10.1. The molecule has 0 spiro atoms. The molecule has 0 amide bonds. The summed E-state index contributed by atoms with van der Waals surface area (Å²) >= 11 is -0.832. The number of hydrogen-bond donors (Lipinski definition) is 3. The predicted molar refractivity (Wildman–Crippen MR) is 79.0 cm³/mol. The van der Waals surface area contributed by atoms with Gasteiger partial charge in [-0.2, -0.15) is 0 Å². The van der Waals surface area contributed by atoms with Gasteiger partial charge in [0.05, 0.1) is 5.70 Å². The van der Waals surface area contributed by atoms with Gasteiger partial charge >= 0.3 is 0 Å². The fourth-order valence-corrected chi connectivity index (χ4v) is 3.14. The molecule has 8 heteroatoms. The fourth-order valence-electron chi connectivity index (χ4n) is 1.81. The van der Waals surface area contributed by atoms with Crippen molar-refractivity contribution >= 4 is 44.6 Å². The molecule has 19 heavy (non-hydrogen) atoms. The van der Waals surface area contributed by atoms with Crippen LogP contribution in [0.25, 0.3) is 5.70 Å². The first-order valence-electron chi connectivity index (χ1n) is 5.41. The molecule has 2 aliphatic rings. The van der Waals surface area contributed by atoms with Crippen LogP contribution in [0.4, 0.5) is 5.69 Å². The third kappa shape index (κ3) is 2.55. The Kier molecular flexibility index (Phi) is 3.13. The monoisotopic (exact) mass is 294 g/mol. The van der Waals surface area contributed by atoms with E-state index in [1.165, 1.54) is 11.8 Å². The molecule has 4 N–H and O–H groups in total. The van der Waals surface area contributed by atoms with Gasteiger partial charge in [0, 0.05) is 11.3 Å². The minimum absolute atomic E-state index is 0.163. The van der Waals surface area contributed by atoms with Crippen LogP contribution in [0.1, 0.15) is 5.56 Å². The second-order valence-corrected chi connectivity index (χ2v) is 5.67. The average molecular weight is 294 g/mol. The third-order valence-corrected chi connectivity index (χ3v) is 4.08. The highest BCUT2D eigenvalue weighted by atomic mass is 32.2. The zero-order valence-corrected chi connectivity index (χ0v) is 11.2. The van der Waals surface area contributed by atoms with E-state index < -0.39 is 11.3 Å². The normalized spacial score (nSPS) is 22.4. The number of hydrogen-bond acceptors (Lipinski definition) is 5. The minimum atomic E-state index is -2.10. The number of anilines is 1. The Balaban J connectivity index is 1.81. The lowest BCUT2D eigenvalue weighted by Gasteiger charge is -2.00. The van der Waals surface area contributed by atoms with Gasteiger partial charge in [0.25, 0.3) is 11.3 Å². The smallest absolute Gasteiger partial charge is 0.260 e. The van der Waals surface area contributed by atoms with Crippen molar-refractivity contribution in [2.45, 2.75) is 6.04 Å². The summed E-state index contributed by atoms with van der Waals surface area (Å²) in [5.41, 5.74) is 8.17. The minimum Gasteiger partial charge on any atom is -0.399 e. The van der Waals surface area contributed by atoms with Gasteiger partial charge in [-0.3, -0.25) is 9.27 Å². The lowest BCUT2D eigenvalue weighted by Crippen LogP contribution is -2.20. The van der Waals surface area contributed by atoms with Gasteiger partial charge in [0.1, 0.15) is 11.1 Å². The van der Waals surface area contributed by atoms with Gasteiger partial charge in [0.15, 0.2) is 5.17 Å². The van der Waals surface area contributed by atoms with E-state index in [0.717, 1.165) is 16.3 Å². The van der Waals surface area contributed by atoms with Gasteiger partial charge < -0.3 is 5.73 Å². The number of nitrogen functional groups attached to an aromatic ring is 1. The molecule has 0 aromatic heterocycles. The molecule has 2 unspecified atom stereocenters. The molecular weight excluding hydrogens is 284 g/mol. The molecule has 0 saturated heterocycles. The first-order valence-corrected chi connectivity index (χ1v) is 7.33. The molecule has 2 atom stereocenters. The van der Waals surface area contributed by atoms with Crippen molar-refractivity contribution in [2.24, 2.45) is 9.98 Å². The van der Waals surface area contributed by atoms with Gasteiger partial charge in [0.2, 0.25) is 0 Å². The first kappa shape index (κ1) is 12.4. The Hall–Kier alpha value is -1.64. The summed E-state index contributed by atoms with van der Waals surface area (Å²) in [5.74, 6) is 0. The molecule has 0 saturated carbocycles. The average Bonchev–Trinajstić information content (AvgIpc) is 2.86. The number of amidine groups is 1. The summed E-state index contributed by atoms with van der Waals surface area (Å²) < 4.78 is 21.7. The molecular formula is C11H10N4O2S2. The van der Waals surface area contributed by atoms with Crippen molar-refractivity contribution in [1.82, 2.24) is 4.72 Å². The Morgan fingerprint density at radius 2 is 2.11 bits per heavy atom. The molecule has 6 nitrogen and oxygen atoms in total. The predicted octanol–water partition coefficient (Wildman–Crippen LogP) is 1.22. The fraction of sp³-hybridized carbons (Fsp3) is 0.0909. The number of aliphatic imine (C=N–C) groups is 2. The van der Waals surface area contributed by atoms with E-state index in [4.69, 9.17) is 10.3 Å². The molecule has 2 heterocycles. The summed E-state index contributed by atoms with van der Waals surface area (Å²) in [6.07, 6.45) is 1.92. The van der Waals surface area contributed by atoms with Gasteiger partial charge in [-0.25, -0.2) is 14.2 Å². The summed E-state index contributed by atoms with van der Waals surface area (Å²) in [6.45, 7) is 0. The van der Waals surface area contributed by atoms with Gasteiger partial charge in [-0.05, 0) is 30.0 Å². The number of nitrogens with two attached hydrogens (primary N) is 1. The third-order valence-electron chi connectivity index (χ3n) is 2.64. The van der Waals surface area contributed by atoms with Crippen LogP contribution in [0, 0.1) is 0 Å². The summed E-state index contributed by atoms with van der Waals surface area (Å²) in [4.78, 5) is 8.74. The quantitative estimate of drug-likeness (QED) is 0.564. The largest absolute Gasteiger partial charge is 0.399 e. The van der Waals surface area contributed by atoms with Gasteiger partial charge in [-0.1, -0.05) is 12.1 Å². The maximum Gasteiger partial charge on any atom is 0.260 e. The van der Waals surface area contributed by atoms with Crippen molar-refractivity contribution in [3.05, 3.63) is 35.9 Å². The molecule has 3 rings (SSSR count). The first-order chi connectivity index (χ1) is 9.11. The summed E-state index contributed by atoms with van der Waals surface area (Å²) in [6, 6.07) is 7.29. The molecule has 0 radical (unpaired) electrons. The highest BCUT2D eigenvalue weighted by Crippen LogP contribution is 2.32. The Morgan fingerprint density at radius 3 is 2.74 bits per heavy atom. The molecule has 1 aromatic carbocycles. The van der Waals surface area contributed by atoms with E-state index in [2.05, 4.69) is 14.7 Å². The highest BCUT2D eigenvalue weighted by Gasteiger charge is 2.30. The molecule has 0 bridgehead atoms. The molecule has 2 aliphatic heterocycles. The number of fused-ring (bicyclic) bond motifs is 1. The van der Waals surface area contributed by atoms with Gasteiger partial charge in [-0.15, -0.1) is 0 Å². The molecule has 0 fully saturated rings. The van der Waals surface area contributed by atoms with E-state index in [-0.39, 0.29) is 6.04 Å². The van der Waals surface area contributed by atoms with Crippen LogP contribution in [0.15, 0.2) is 40.3 Å². The number of nitrogens with zero attached hydrogens (tertiary/aromatic N) is 2. The lowest BCUT2D eigenvalue weighted by molar-refractivity contribution is 0.560. The Bertz CT molecular complexity index is 637. The SMILES string of the molecule is Nc1ccc(C2=CC3N=C(NS(=O)O)SC3=N2)cc1. The second-order valence-electron chi connectivity index (χ2n) is 3.96. The zero-order chi connectivity index (χ0) is 13.4. The van der Waals surface area contributed by atoms with Crippen molar-refractivity contribution in [3.63, 3.8) is 0 Å². The standard InChI is InChI=1S/C11H10N4O2S2/c12-7-3-1-6(2-4-7)8-5-9-10(13-8)18-11(14-9)15-19(16)17/h1-5,9H,12H2,(H,14,15)(H,16,17). The Morgan fingerprint density at radius 1 is 1.37 bits per heavy atom. The van der Waals surface area contributed by atoms with Crippen LogP contribution in [-0.4, -0.2) is 25.0 Å². The summed E-state index contributed by atoms with van der Waals surface area (Å²) in [7, 11) is 0. The van der Waals surface area contributed by atoms with Crippen molar-refractivity contribution in [2.75, 3.05) is 5.73 Å². The van der Waals surface area contributed by atoms with Crippen molar-refractivity contribution in [3.8, 4) is 0 Å². The summed E-state index contributed by atoms with van der Waals surface area (Å²) in [5, 5.41) is 1.22. The van der Waals surface area contributed by atoms with E-state index in [0.29, 0.717) is 10.9 Å². The van der Waals surface area contributed by atoms with E-state index in [9.17, 15) is 4.21 Å². The maximum atomic E-state index is 10.6. The number of nitrogens with one attached hydrogen (secondary N) is 1.